The summed E-state index contributed by atoms with van der Waals surface area (Å²) in [5.74, 6) is 0. The van der Waals surface area contributed by atoms with E-state index in [2.05, 4.69) is 32.7 Å². The van der Waals surface area contributed by atoms with Crippen LogP contribution >= 0.6 is 0 Å². The third-order valence-electron chi connectivity index (χ3n) is 2.51. The lowest BCUT2D eigenvalue weighted by Gasteiger charge is -2.28. The normalized spacial score (nSPS) is 17.0. The summed E-state index contributed by atoms with van der Waals surface area (Å²) in [5.41, 5.74) is 0. The second-order valence-electron chi connectivity index (χ2n) is 4.03. The summed E-state index contributed by atoms with van der Waals surface area (Å²) in [6.07, 6.45) is 1.82. The van der Waals surface area contributed by atoms with Gasteiger partial charge in [0.1, 0.15) is 0 Å². The largest absolute Gasteiger partial charge is 0.393 e. The van der Waals surface area contributed by atoms with Crippen LogP contribution in [0.2, 0.25) is 0 Å². The van der Waals surface area contributed by atoms with Crippen LogP contribution in [0.3, 0.4) is 0 Å². The van der Waals surface area contributed by atoms with Crippen LogP contribution in [0.25, 0.3) is 0 Å². The molecular weight excluding hydrogens is 150 g/mol. The Kier molecular flexibility index (Phi) is 5.51. The highest BCUT2D eigenvalue weighted by Crippen LogP contribution is 2.09. The van der Waals surface area contributed by atoms with Crippen LogP contribution in [0.1, 0.15) is 40.5 Å². The first kappa shape index (κ1) is 11.9. The highest BCUT2D eigenvalue weighted by atomic mass is 16.3. The van der Waals surface area contributed by atoms with Crippen LogP contribution in [0.15, 0.2) is 0 Å². The van der Waals surface area contributed by atoms with E-state index in [1.54, 1.807) is 0 Å². The second-order valence-corrected chi connectivity index (χ2v) is 4.03. The summed E-state index contributed by atoms with van der Waals surface area (Å²) < 4.78 is 0. The maximum absolute atomic E-state index is 9.10. The average Bonchev–Trinajstić information content (AvgIpc) is 1.98. The summed E-state index contributed by atoms with van der Waals surface area (Å²) >= 11 is 0. The topological polar surface area (TPSA) is 23.5 Å². The van der Waals surface area contributed by atoms with E-state index in [-0.39, 0.29) is 6.10 Å². The van der Waals surface area contributed by atoms with Gasteiger partial charge >= 0.3 is 0 Å². The van der Waals surface area contributed by atoms with Crippen LogP contribution in [0, 0.1) is 0 Å². The van der Waals surface area contributed by atoms with Crippen molar-refractivity contribution < 1.29 is 5.11 Å². The molecule has 0 heterocycles. The molecule has 12 heavy (non-hydrogen) atoms. The first-order valence-electron chi connectivity index (χ1n) is 4.85. The smallest absolute Gasteiger partial charge is 0.0512 e. The lowest BCUT2D eigenvalue weighted by atomic mass is 10.1. The van der Waals surface area contributed by atoms with E-state index in [0.29, 0.717) is 12.1 Å². The van der Waals surface area contributed by atoms with Crippen LogP contribution < -0.4 is 0 Å². The highest BCUT2D eigenvalue weighted by Gasteiger charge is 2.12. The van der Waals surface area contributed by atoms with E-state index in [0.717, 1.165) is 12.8 Å². The molecule has 0 bridgehead atoms. The zero-order chi connectivity index (χ0) is 9.72. The Balaban J connectivity index is 3.64. The standard InChI is InChI=1S/C10H23NO/c1-8(2)11(5)9(3)6-7-10(4)12/h8-10,12H,6-7H2,1-5H3. The van der Waals surface area contributed by atoms with Gasteiger partial charge in [-0.05, 0) is 47.6 Å². The van der Waals surface area contributed by atoms with Crippen LogP contribution in [0.4, 0.5) is 0 Å². The van der Waals surface area contributed by atoms with Crippen molar-refractivity contribution in [2.24, 2.45) is 0 Å². The van der Waals surface area contributed by atoms with Crippen molar-refractivity contribution in [2.75, 3.05) is 7.05 Å². The van der Waals surface area contributed by atoms with Gasteiger partial charge in [-0.3, -0.25) is 0 Å². The summed E-state index contributed by atoms with van der Waals surface area (Å²) in [6.45, 7) is 8.45. The van der Waals surface area contributed by atoms with Crippen molar-refractivity contribution in [2.45, 2.75) is 58.7 Å². The zero-order valence-corrected chi connectivity index (χ0v) is 9.04. The Morgan fingerprint density at radius 3 is 1.92 bits per heavy atom. The molecule has 0 fully saturated rings. The van der Waals surface area contributed by atoms with E-state index >= 15 is 0 Å². The predicted molar refractivity (Wildman–Crippen MR) is 53.3 cm³/mol. The fourth-order valence-electron chi connectivity index (χ4n) is 1.20. The molecule has 0 rings (SSSR count). The monoisotopic (exact) mass is 173 g/mol. The molecule has 2 heteroatoms. The maximum atomic E-state index is 9.10. The van der Waals surface area contributed by atoms with Gasteiger partial charge in [-0.1, -0.05) is 0 Å². The molecule has 1 N–H and O–H groups in total. The molecule has 2 unspecified atom stereocenters. The zero-order valence-electron chi connectivity index (χ0n) is 9.04. The predicted octanol–water partition coefficient (Wildman–Crippen LogP) is 1.88. The summed E-state index contributed by atoms with van der Waals surface area (Å²) in [5, 5.41) is 9.10. The molecule has 0 aliphatic rings. The van der Waals surface area contributed by atoms with E-state index in [1.807, 2.05) is 6.92 Å². The molecule has 0 spiro atoms. The molecule has 0 saturated heterocycles. The number of nitrogens with zero attached hydrogens (tertiary/aromatic N) is 1. The van der Waals surface area contributed by atoms with Gasteiger partial charge in [0.25, 0.3) is 0 Å². The molecule has 0 saturated carbocycles. The van der Waals surface area contributed by atoms with Gasteiger partial charge in [-0.2, -0.15) is 0 Å². The Morgan fingerprint density at radius 1 is 1.08 bits per heavy atom. The SMILES string of the molecule is CC(O)CCC(C)N(C)C(C)C. The molecule has 0 amide bonds. The Hall–Kier alpha value is -0.0800. The highest BCUT2D eigenvalue weighted by molar-refractivity contribution is 4.67. The van der Waals surface area contributed by atoms with Crippen molar-refractivity contribution in [1.29, 1.82) is 0 Å². The van der Waals surface area contributed by atoms with Gasteiger partial charge in [-0.25, -0.2) is 0 Å². The number of hydrogen-bond acceptors (Lipinski definition) is 2. The summed E-state index contributed by atoms with van der Waals surface area (Å²) in [6, 6.07) is 1.16. The Morgan fingerprint density at radius 2 is 1.58 bits per heavy atom. The molecule has 0 aromatic rings. The minimum Gasteiger partial charge on any atom is -0.393 e. The molecule has 0 radical (unpaired) electrons. The molecule has 0 aromatic carbocycles. The Labute approximate surface area is 76.6 Å². The number of aliphatic hydroxyl groups is 1. The fraction of sp³-hybridized carbons (Fsp3) is 1.00. The number of rotatable bonds is 5. The van der Waals surface area contributed by atoms with Crippen molar-refractivity contribution in [1.82, 2.24) is 4.90 Å². The van der Waals surface area contributed by atoms with Crippen molar-refractivity contribution >= 4 is 0 Å². The summed E-state index contributed by atoms with van der Waals surface area (Å²) in [4.78, 5) is 2.34. The van der Waals surface area contributed by atoms with Gasteiger partial charge in [-0.15, -0.1) is 0 Å². The number of aliphatic hydroxyl groups excluding tert-OH is 1. The second kappa shape index (κ2) is 5.55. The van der Waals surface area contributed by atoms with E-state index < -0.39 is 0 Å². The molecule has 2 nitrogen and oxygen atoms in total. The first-order valence-corrected chi connectivity index (χ1v) is 4.85. The fourth-order valence-corrected chi connectivity index (χ4v) is 1.20. The van der Waals surface area contributed by atoms with Crippen LogP contribution in [0.5, 0.6) is 0 Å². The Bertz CT molecular complexity index is 112. The quantitative estimate of drug-likeness (QED) is 0.686. The van der Waals surface area contributed by atoms with Gasteiger partial charge in [0.15, 0.2) is 0 Å². The van der Waals surface area contributed by atoms with Crippen LogP contribution in [-0.4, -0.2) is 35.2 Å². The lowest BCUT2D eigenvalue weighted by molar-refractivity contribution is 0.146. The molecule has 74 valence electrons. The van der Waals surface area contributed by atoms with E-state index in [9.17, 15) is 0 Å². The van der Waals surface area contributed by atoms with Gasteiger partial charge in [0.2, 0.25) is 0 Å². The van der Waals surface area contributed by atoms with E-state index in [1.165, 1.54) is 0 Å². The van der Waals surface area contributed by atoms with Crippen molar-refractivity contribution in [3.8, 4) is 0 Å². The third-order valence-corrected chi connectivity index (χ3v) is 2.51. The minimum atomic E-state index is -0.159. The average molecular weight is 173 g/mol. The molecule has 0 aliphatic carbocycles. The molecule has 2 atom stereocenters. The molecular formula is C10H23NO. The van der Waals surface area contributed by atoms with Gasteiger partial charge in [0.05, 0.1) is 6.10 Å². The maximum Gasteiger partial charge on any atom is 0.0512 e. The van der Waals surface area contributed by atoms with Gasteiger partial charge in [0, 0.05) is 12.1 Å². The third kappa shape index (κ3) is 4.73. The number of hydrogen-bond donors (Lipinski definition) is 1. The lowest BCUT2D eigenvalue weighted by Crippen LogP contribution is -2.35. The van der Waals surface area contributed by atoms with Crippen LogP contribution in [-0.2, 0) is 0 Å². The first-order chi connectivity index (χ1) is 5.45. The van der Waals surface area contributed by atoms with E-state index in [4.69, 9.17) is 5.11 Å². The van der Waals surface area contributed by atoms with Crippen molar-refractivity contribution in [3.05, 3.63) is 0 Å². The van der Waals surface area contributed by atoms with Gasteiger partial charge < -0.3 is 10.0 Å². The molecule has 0 aliphatic heterocycles. The summed E-state index contributed by atoms with van der Waals surface area (Å²) in [7, 11) is 2.14. The molecule has 0 aromatic heterocycles. The van der Waals surface area contributed by atoms with Crippen molar-refractivity contribution in [3.63, 3.8) is 0 Å². The minimum absolute atomic E-state index is 0.159.